The zero-order valence-electron chi connectivity index (χ0n) is 9.81. The fraction of sp³-hybridized carbons (Fsp3) is 0.143. The summed E-state index contributed by atoms with van der Waals surface area (Å²) in [7, 11) is 1.66. The van der Waals surface area contributed by atoms with Crippen molar-refractivity contribution in [3.63, 3.8) is 0 Å². The molecule has 0 fully saturated rings. The minimum Gasteiger partial charge on any atom is -0.497 e. The van der Waals surface area contributed by atoms with Crippen molar-refractivity contribution < 1.29 is 4.74 Å². The van der Waals surface area contributed by atoms with E-state index in [4.69, 9.17) is 16.2 Å². The predicted octanol–water partition coefficient (Wildman–Crippen LogP) is 2.45. The Kier molecular flexibility index (Phi) is 3.19. The Hall–Kier alpha value is -2.16. The number of hydrogen-bond acceptors (Lipinski definition) is 3. The molecule has 0 aromatic heterocycles. The van der Waals surface area contributed by atoms with Gasteiger partial charge in [0.25, 0.3) is 0 Å². The average molecular weight is 228 g/mol. The second-order valence-corrected chi connectivity index (χ2v) is 3.99. The molecular weight excluding hydrogens is 212 g/mol. The Morgan fingerprint density at radius 3 is 2.12 bits per heavy atom. The average Bonchev–Trinajstić information content (AvgIpc) is 2.35. The summed E-state index contributed by atoms with van der Waals surface area (Å²) in [5.41, 5.74) is 15.1. The van der Waals surface area contributed by atoms with Gasteiger partial charge in [0, 0.05) is 0 Å². The zero-order valence-corrected chi connectivity index (χ0v) is 9.81. The van der Waals surface area contributed by atoms with E-state index in [2.05, 4.69) is 0 Å². The van der Waals surface area contributed by atoms with Crippen molar-refractivity contribution in [3.05, 3.63) is 53.6 Å². The maximum atomic E-state index is 5.77. The molecule has 0 radical (unpaired) electrons. The number of rotatable bonds is 3. The molecule has 0 heterocycles. The van der Waals surface area contributed by atoms with Gasteiger partial charge in [-0.05, 0) is 41.8 Å². The van der Waals surface area contributed by atoms with Gasteiger partial charge in [0.2, 0.25) is 0 Å². The molecule has 4 N–H and O–H groups in total. The van der Waals surface area contributed by atoms with Crippen LogP contribution in [0.4, 0.5) is 11.4 Å². The topological polar surface area (TPSA) is 61.3 Å². The third-order valence-corrected chi connectivity index (χ3v) is 2.72. The highest BCUT2D eigenvalue weighted by atomic mass is 16.5. The second-order valence-electron chi connectivity index (χ2n) is 3.99. The summed E-state index contributed by atoms with van der Waals surface area (Å²) in [6.45, 7) is 0. The van der Waals surface area contributed by atoms with Gasteiger partial charge in [-0.15, -0.1) is 0 Å². The molecule has 2 aromatic rings. The first-order chi connectivity index (χ1) is 8.19. The Labute approximate surface area is 101 Å². The van der Waals surface area contributed by atoms with Gasteiger partial charge in [-0.1, -0.05) is 18.2 Å². The van der Waals surface area contributed by atoms with E-state index >= 15 is 0 Å². The van der Waals surface area contributed by atoms with E-state index < -0.39 is 0 Å². The second kappa shape index (κ2) is 4.78. The van der Waals surface area contributed by atoms with Crippen LogP contribution in [0.5, 0.6) is 5.75 Å². The molecule has 3 nitrogen and oxygen atoms in total. The van der Waals surface area contributed by atoms with Gasteiger partial charge in [0.05, 0.1) is 18.5 Å². The molecule has 2 rings (SSSR count). The molecule has 3 heteroatoms. The van der Waals surface area contributed by atoms with Crippen molar-refractivity contribution in [2.75, 3.05) is 18.6 Å². The van der Waals surface area contributed by atoms with Crippen LogP contribution in [0.15, 0.2) is 42.5 Å². The van der Waals surface area contributed by atoms with Crippen molar-refractivity contribution >= 4 is 11.4 Å². The summed E-state index contributed by atoms with van der Waals surface area (Å²) in [5, 5.41) is 0. The van der Waals surface area contributed by atoms with E-state index in [9.17, 15) is 0 Å². The molecule has 0 unspecified atom stereocenters. The number of ether oxygens (including phenoxy) is 1. The number of benzene rings is 2. The summed E-state index contributed by atoms with van der Waals surface area (Å²) in [6.07, 6.45) is 0.842. The third kappa shape index (κ3) is 2.69. The molecule has 0 aliphatic carbocycles. The maximum absolute atomic E-state index is 5.77. The van der Waals surface area contributed by atoms with Gasteiger partial charge in [-0.3, -0.25) is 0 Å². The minimum atomic E-state index is 0.628. The summed E-state index contributed by atoms with van der Waals surface area (Å²) in [5.74, 6) is 0.866. The highest BCUT2D eigenvalue weighted by Crippen LogP contribution is 2.19. The third-order valence-electron chi connectivity index (χ3n) is 2.72. The Bertz CT molecular complexity index is 506. The van der Waals surface area contributed by atoms with Gasteiger partial charge < -0.3 is 16.2 Å². The van der Waals surface area contributed by atoms with Crippen LogP contribution in [0.3, 0.4) is 0 Å². The lowest BCUT2D eigenvalue weighted by atomic mass is 10.0. The van der Waals surface area contributed by atoms with Crippen LogP contribution in [0.1, 0.15) is 11.1 Å². The van der Waals surface area contributed by atoms with Crippen molar-refractivity contribution in [1.82, 2.24) is 0 Å². The molecule has 0 saturated heterocycles. The SMILES string of the molecule is COc1ccc(Cc2ccc(N)c(N)c2)cc1. The molecule has 0 amide bonds. The first-order valence-electron chi connectivity index (χ1n) is 5.46. The predicted molar refractivity (Wildman–Crippen MR) is 71.1 cm³/mol. The first kappa shape index (κ1) is 11.3. The smallest absolute Gasteiger partial charge is 0.118 e. The van der Waals surface area contributed by atoms with E-state index in [1.807, 2.05) is 42.5 Å². The molecule has 0 spiro atoms. The van der Waals surface area contributed by atoms with E-state index in [-0.39, 0.29) is 0 Å². The molecule has 0 aliphatic rings. The van der Waals surface area contributed by atoms with Gasteiger partial charge in [0.15, 0.2) is 0 Å². The lowest BCUT2D eigenvalue weighted by Crippen LogP contribution is -1.96. The highest BCUT2D eigenvalue weighted by Gasteiger charge is 2.00. The van der Waals surface area contributed by atoms with Crippen LogP contribution in [0, 0.1) is 0 Å². The number of nitrogen functional groups attached to an aromatic ring is 2. The lowest BCUT2D eigenvalue weighted by Gasteiger charge is -2.06. The normalized spacial score (nSPS) is 10.2. The van der Waals surface area contributed by atoms with E-state index in [1.165, 1.54) is 5.56 Å². The molecule has 0 saturated carbocycles. The molecule has 0 atom stereocenters. The number of anilines is 2. The van der Waals surface area contributed by atoms with Crippen molar-refractivity contribution in [1.29, 1.82) is 0 Å². The fourth-order valence-electron chi connectivity index (χ4n) is 1.71. The van der Waals surface area contributed by atoms with Crippen LogP contribution < -0.4 is 16.2 Å². The fourth-order valence-corrected chi connectivity index (χ4v) is 1.71. The molecule has 2 aromatic carbocycles. The van der Waals surface area contributed by atoms with E-state index in [1.54, 1.807) is 7.11 Å². The number of methoxy groups -OCH3 is 1. The maximum Gasteiger partial charge on any atom is 0.118 e. The summed E-state index contributed by atoms with van der Waals surface area (Å²) >= 11 is 0. The Morgan fingerprint density at radius 2 is 1.53 bits per heavy atom. The monoisotopic (exact) mass is 228 g/mol. The van der Waals surface area contributed by atoms with Gasteiger partial charge in [0.1, 0.15) is 5.75 Å². The van der Waals surface area contributed by atoms with Crippen LogP contribution in [0.2, 0.25) is 0 Å². The molecule has 0 bridgehead atoms. The molecular formula is C14H16N2O. The van der Waals surface area contributed by atoms with Crippen LogP contribution >= 0.6 is 0 Å². The Balaban J connectivity index is 2.16. The van der Waals surface area contributed by atoms with E-state index in [0.29, 0.717) is 11.4 Å². The summed E-state index contributed by atoms with van der Waals surface area (Å²) < 4.78 is 5.12. The number of hydrogen-bond donors (Lipinski definition) is 2. The largest absolute Gasteiger partial charge is 0.497 e. The molecule has 0 aliphatic heterocycles. The zero-order chi connectivity index (χ0) is 12.3. The highest BCUT2D eigenvalue weighted by molar-refractivity contribution is 5.64. The molecule has 17 heavy (non-hydrogen) atoms. The van der Waals surface area contributed by atoms with Crippen LogP contribution in [0.25, 0.3) is 0 Å². The molecule has 88 valence electrons. The lowest BCUT2D eigenvalue weighted by molar-refractivity contribution is 0.414. The first-order valence-corrected chi connectivity index (χ1v) is 5.46. The van der Waals surface area contributed by atoms with Gasteiger partial charge in [-0.25, -0.2) is 0 Å². The van der Waals surface area contributed by atoms with Crippen molar-refractivity contribution in [3.8, 4) is 5.75 Å². The summed E-state index contributed by atoms with van der Waals surface area (Å²) in [6, 6.07) is 13.8. The van der Waals surface area contributed by atoms with E-state index in [0.717, 1.165) is 17.7 Å². The minimum absolute atomic E-state index is 0.628. The Morgan fingerprint density at radius 1 is 0.882 bits per heavy atom. The summed E-state index contributed by atoms with van der Waals surface area (Å²) in [4.78, 5) is 0. The van der Waals surface area contributed by atoms with Gasteiger partial charge in [-0.2, -0.15) is 0 Å². The van der Waals surface area contributed by atoms with Crippen LogP contribution in [-0.2, 0) is 6.42 Å². The van der Waals surface area contributed by atoms with Gasteiger partial charge >= 0.3 is 0 Å². The number of nitrogens with two attached hydrogens (primary N) is 2. The van der Waals surface area contributed by atoms with Crippen molar-refractivity contribution in [2.24, 2.45) is 0 Å². The van der Waals surface area contributed by atoms with Crippen LogP contribution in [-0.4, -0.2) is 7.11 Å². The standard InChI is InChI=1S/C14H16N2O/c1-17-12-5-2-10(3-6-12)8-11-4-7-13(15)14(16)9-11/h2-7,9H,8,15-16H2,1H3. The quantitative estimate of drug-likeness (QED) is 0.793. The van der Waals surface area contributed by atoms with Crippen molar-refractivity contribution in [2.45, 2.75) is 6.42 Å².